The van der Waals surface area contributed by atoms with Crippen LogP contribution in [0.1, 0.15) is 12.0 Å². The van der Waals surface area contributed by atoms with E-state index in [1.165, 1.54) is 0 Å². The summed E-state index contributed by atoms with van der Waals surface area (Å²) < 4.78 is 4.97. The fourth-order valence-corrected chi connectivity index (χ4v) is 1.67. The van der Waals surface area contributed by atoms with Crippen molar-refractivity contribution in [3.8, 4) is 0 Å². The van der Waals surface area contributed by atoms with Gasteiger partial charge in [0.15, 0.2) is 5.96 Å². The van der Waals surface area contributed by atoms with Crippen molar-refractivity contribution in [1.29, 1.82) is 0 Å². The van der Waals surface area contributed by atoms with Crippen LogP contribution in [0.3, 0.4) is 0 Å². The maximum atomic E-state index is 11.7. The van der Waals surface area contributed by atoms with Crippen molar-refractivity contribution in [3.63, 3.8) is 0 Å². The molecule has 6 nitrogen and oxygen atoms in total. The lowest BCUT2D eigenvalue weighted by molar-refractivity contribution is -0.120. The van der Waals surface area contributed by atoms with Gasteiger partial charge in [0.1, 0.15) is 0 Å². The number of halogens is 1. The predicted octanol–water partition coefficient (Wildman–Crippen LogP) is 1.12. The zero-order chi connectivity index (χ0) is 15.3. The van der Waals surface area contributed by atoms with Crippen LogP contribution in [0, 0.1) is 0 Å². The molecule has 1 aromatic rings. The molecule has 0 unspecified atom stereocenters. The molecule has 0 atom stereocenters. The lowest BCUT2D eigenvalue weighted by atomic mass is 10.2. The molecule has 0 saturated carbocycles. The number of hydrogen-bond donors (Lipinski definition) is 3. The highest BCUT2D eigenvalue weighted by Crippen LogP contribution is 1.96. The van der Waals surface area contributed by atoms with E-state index in [9.17, 15) is 4.79 Å². The second kappa shape index (κ2) is 13.3. The van der Waals surface area contributed by atoms with Crippen molar-refractivity contribution in [1.82, 2.24) is 16.0 Å². The monoisotopic (exact) mass is 420 g/mol. The fraction of sp³-hybridized carbons (Fsp3) is 0.467. The number of methoxy groups -OCH3 is 1. The number of carbonyl (C=O) groups excluding carboxylic acids is 1. The van der Waals surface area contributed by atoms with Crippen molar-refractivity contribution < 1.29 is 9.53 Å². The lowest BCUT2D eigenvalue weighted by Gasteiger charge is -2.11. The number of nitrogens with zero attached hydrogens (tertiary/aromatic N) is 1. The van der Waals surface area contributed by atoms with Crippen LogP contribution in [0.15, 0.2) is 35.3 Å². The van der Waals surface area contributed by atoms with Gasteiger partial charge in [0.2, 0.25) is 5.91 Å². The van der Waals surface area contributed by atoms with Crippen LogP contribution in [0.5, 0.6) is 0 Å². The Bertz CT molecular complexity index is 440. The SMILES string of the molecule is CN=C(NCCCOC)NCC(=O)NCc1ccccc1.I. The van der Waals surface area contributed by atoms with Gasteiger partial charge in [-0.2, -0.15) is 0 Å². The zero-order valence-electron chi connectivity index (χ0n) is 13.1. The minimum atomic E-state index is -0.0707. The third kappa shape index (κ3) is 9.56. The van der Waals surface area contributed by atoms with Crippen LogP contribution in [0.4, 0.5) is 0 Å². The van der Waals surface area contributed by atoms with E-state index in [2.05, 4.69) is 20.9 Å². The van der Waals surface area contributed by atoms with Gasteiger partial charge in [0.25, 0.3) is 0 Å². The Morgan fingerprint density at radius 3 is 2.55 bits per heavy atom. The van der Waals surface area contributed by atoms with Crippen molar-refractivity contribution in [3.05, 3.63) is 35.9 Å². The summed E-state index contributed by atoms with van der Waals surface area (Å²) in [7, 11) is 3.34. The number of aliphatic imine (C=N–C) groups is 1. The van der Waals surface area contributed by atoms with Gasteiger partial charge in [-0.3, -0.25) is 9.79 Å². The summed E-state index contributed by atoms with van der Waals surface area (Å²) in [5, 5.41) is 8.93. The van der Waals surface area contributed by atoms with Crippen molar-refractivity contribution in [2.24, 2.45) is 4.99 Å². The van der Waals surface area contributed by atoms with E-state index in [0.717, 1.165) is 18.5 Å². The highest BCUT2D eigenvalue weighted by Gasteiger charge is 2.03. The Morgan fingerprint density at radius 2 is 1.91 bits per heavy atom. The highest BCUT2D eigenvalue weighted by molar-refractivity contribution is 14.0. The Kier molecular flexibility index (Phi) is 12.5. The number of rotatable bonds is 8. The normalized spacial score (nSPS) is 10.5. The van der Waals surface area contributed by atoms with Crippen LogP contribution in [-0.4, -0.2) is 45.7 Å². The smallest absolute Gasteiger partial charge is 0.239 e. The molecule has 1 aromatic carbocycles. The van der Waals surface area contributed by atoms with E-state index in [4.69, 9.17) is 4.74 Å². The molecule has 0 bridgehead atoms. The number of amides is 1. The number of nitrogens with one attached hydrogen (secondary N) is 3. The van der Waals surface area contributed by atoms with Crippen molar-refractivity contribution in [2.75, 3.05) is 33.9 Å². The minimum absolute atomic E-state index is 0. The molecular formula is C15H25IN4O2. The van der Waals surface area contributed by atoms with Crippen LogP contribution in [0.25, 0.3) is 0 Å². The summed E-state index contributed by atoms with van der Waals surface area (Å²) in [4.78, 5) is 15.8. The molecule has 22 heavy (non-hydrogen) atoms. The van der Waals surface area contributed by atoms with E-state index < -0.39 is 0 Å². The third-order valence-corrected chi connectivity index (χ3v) is 2.79. The molecule has 0 aromatic heterocycles. The van der Waals surface area contributed by atoms with Gasteiger partial charge < -0.3 is 20.7 Å². The molecule has 0 aliphatic rings. The van der Waals surface area contributed by atoms with E-state index in [0.29, 0.717) is 19.1 Å². The van der Waals surface area contributed by atoms with Gasteiger partial charge in [0, 0.05) is 33.9 Å². The number of guanidine groups is 1. The Morgan fingerprint density at radius 1 is 1.18 bits per heavy atom. The van der Waals surface area contributed by atoms with Gasteiger partial charge in [-0.15, -0.1) is 24.0 Å². The summed E-state index contributed by atoms with van der Waals surface area (Å²) in [6.45, 7) is 2.17. The third-order valence-electron chi connectivity index (χ3n) is 2.79. The summed E-state index contributed by atoms with van der Waals surface area (Å²) in [6, 6.07) is 9.80. The first-order valence-corrected chi connectivity index (χ1v) is 7.00. The van der Waals surface area contributed by atoms with Crippen molar-refractivity contribution >= 4 is 35.8 Å². The fourth-order valence-electron chi connectivity index (χ4n) is 1.67. The molecule has 1 amide bonds. The summed E-state index contributed by atoms with van der Waals surface area (Å²) in [6.07, 6.45) is 0.886. The number of carbonyl (C=O) groups is 1. The molecular weight excluding hydrogens is 395 g/mol. The Labute approximate surface area is 149 Å². The first-order valence-electron chi connectivity index (χ1n) is 7.00. The van der Waals surface area contributed by atoms with Crippen LogP contribution >= 0.6 is 24.0 Å². The molecule has 0 heterocycles. The van der Waals surface area contributed by atoms with E-state index in [1.54, 1.807) is 14.2 Å². The maximum absolute atomic E-state index is 11.7. The van der Waals surface area contributed by atoms with Gasteiger partial charge in [-0.05, 0) is 12.0 Å². The average molecular weight is 420 g/mol. The first-order chi connectivity index (χ1) is 10.3. The molecule has 1 rings (SSSR count). The lowest BCUT2D eigenvalue weighted by Crippen LogP contribution is -2.43. The highest BCUT2D eigenvalue weighted by atomic mass is 127. The molecule has 0 radical (unpaired) electrons. The molecule has 0 aliphatic heterocycles. The van der Waals surface area contributed by atoms with E-state index in [1.807, 2.05) is 30.3 Å². The number of ether oxygens (including phenoxy) is 1. The predicted molar refractivity (Wildman–Crippen MR) is 99.6 cm³/mol. The quantitative estimate of drug-likeness (QED) is 0.255. The topological polar surface area (TPSA) is 74.8 Å². The second-order valence-corrected chi connectivity index (χ2v) is 4.46. The first kappa shape index (κ1) is 20.6. The summed E-state index contributed by atoms with van der Waals surface area (Å²) in [5.41, 5.74) is 1.08. The van der Waals surface area contributed by atoms with E-state index in [-0.39, 0.29) is 36.4 Å². The number of hydrogen-bond acceptors (Lipinski definition) is 3. The molecule has 0 aliphatic carbocycles. The Balaban J connectivity index is 0.00000441. The van der Waals surface area contributed by atoms with Crippen LogP contribution in [0.2, 0.25) is 0 Å². The largest absolute Gasteiger partial charge is 0.385 e. The van der Waals surface area contributed by atoms with Crippen LogP contribution < -0.4 is 16.0 Å². The number of benzene rings is 1. The van der Waals surface area contributed by atoms with Gasteiger partial charge in [-0.1, -0.05) is 30.3 Å². The van der Waals surface area contributed by atoms with Crippen LogP contribution in [-0.2, 0) is 16.1 Å². The Hall–Kier alpha value is -1.35. The standard InChI is InChI=1S/C15H24N4O2.HI/c1-16-15(17-9-6-10-21-2)19-12-14(20)18-11-13-7-4-3-5-8-13;/h3-5,7-8H,6,9-12H2,1-2H3,(H,18,20)(H2,16,17,19);1H. The zero-order valence-corrected chi connectivity index (χ0v) is 15.4. The molecule has 7 heteroatoms. The average Bonchev–Trinajstić information content (AvgIpc) is 2.53. The summed E-state index contributed by atoms with van der Waals surface area (Å²) in [5.74, 6) is 0.541. The van der Waals surface area contributed by atoms with Gasteiger partial charge >= 0.3 is 0 Å². The minimum Gasteiger partial charge on any atom is -0.385 e. The second-order valence-electron chi connectivity index (χ2n) is 4.46. The molecule has 3 N–H and O–H groups in total. The molecule has 0 fully saturated rings. The molecule has 0 spiro atoms. The van der Waals surface area contributed by atoms with Gasteiger partial charge in [0.05, 0.1) is 6.54 Å². The van der Waals surface area contributed by atoms with E-state index >= 15 is 0 Å². The molecule has 124 valence electrons. The molecule has 0 saturated heterocycles. The van der Waals surface area contributed by atoms with Crippen molar-refractivity contribution in [2.45, 2.75) is 13.0 Å². The summed E-state index contributed by atoms with van der Waals surface area (Å²) >= 11 is 0. The van der Waals surface area contributed by atoms with Gasteiger partial charge in [-0.25, -0.2) is 0 Å². The maximum Gasteiger partial charge on any atom is 0.239 e.